The van der Waals surface area contributed by atoms with Gasteiger partial charge < -0.3 is 0 Å². The van der Waals surface area contributed by atoms with E-state index in [0.717, 1.165) is 0 Å². The molecule has 0 spiro atoms. The third kappa shape index (κ3) is 1.75. The smallest absolute Gasteiger partial charge is 0.0107 e. The second-order valence-corrected chi connectivity index (χ2v) is 6.43. The Morgan fingerprint density at radius 2 is 1.71 bits per heavy atom. The van der Waals surface area contributed by atoms with E-state index in [1.54, 1.807) is 0 Å². The Morgan fingerprint density at radius 3 is 2.07 bits per heavy atom. The van der Waals surface area contributed by atoms with E-state index in [9.17, 15) is 0 Å². The van der Waals surface area contributed by atoms with Crippen molar-refractivity contribution in [2.45, 2.75) is 47.0 Å². The molecular weight excluding hydrogens is 188 g/mol. The van der Waals surface area contributed by atoms with Crippen molar-refractivity contribution in [3.05, 3.63) is 22.4 Å². The topological polar surface area (TPSA) is 0 Å². The summed E-state index contributed by atoms with van der Waals surface area (Å²) < 4.78 is 0. The van der Waals surface area contributed by atoms with Gasteiger partial charge in [-0.3, -0.25) is 0 Å². The predicted octanol–water partition coefficient (Wildman–Crippen LogP) is 4.71. The summed E-state index contributed by atoms with van der Waals surface area (Å²) in [4.78, 5) is 1.50. The summed E-state index contributed by atoms with van der Waals surface area (Å²) in [5, 5.41) is 2.17. The molecule has 0 aromatic carbocycles. The van der Waals surface area contributed by atoms with Crippen molar-refractivity contribution in [2.75, 3.05) is 0 Å². The summed E-state index contributed by atoms with van der Waals surface area (Å²) in [6.07, 6.45) is 0. The minimum Gasteiger partial charge on any atom is -0.148 e. The van der Waals surface area contributed by atoms with Crippen molar-refractivity contribution in [1.29, 1.82) is 0 Å². The molecule has 0 aliphatic rings. The summed E-state index contributed by atoms with van der Waals surface area (Å²) in [5.74, 6) is 0.694. The molecule has 1 rings (SSSR count). The van der Waals surface area contributed by atoms with E-state index in [-0.39, 0.29) is 5.41 Å². The molecule has 0 unspecified atom stereocenters. The lowest BCUT2D eigenvalue weighted by atomic mass is 9.61. The van der Waals surface area contributed by atoms with Crippen molar-refractivity contribution in [1.82, 2.24) is 0 Å². The first-order valence-corrected chi connectivity index (χ1v) is 6.22. The molecule has 0 amide bonds. The minimum absolute atomic E-state index is 0.259. The van der Waals surface area contributed by atoms with Crippen molar-refractivity contribution in [2.24, 2.45) is 11.3 Å². The largest absolute Gasteiger partial charge is 0.148 e. The van der Waals surface area contributed by atoms with Gasteiger partial charge in [-0.05, 0) is 22.8 Å². The number of hydrogen-bond acceptors (Lipinski definition) is 1. The predicted molar refractivity (Wildman–Crippen MR) is 66.0 cm³/mol. The van der Waals surface area contributed by atoms with Gasteiger partial charge in [0, 0.05) is 10.3 Å². The van der Waals surface area contributed by atoms with E-state index in [4.69, 9.17) is 0 Å². The highest BCUT2D eigenvalue weighted by Gasteiger charge is 2.41. The Bertz CT molecular complexity index is 278. The van der Waals surface area contributed by atoms with Gasteiger partial charge in [-0.1, -0.05) is 47.6 Å². The molecule has 0 nitrogen and oxygen atoms in total. The van der Waals surface area contributed by atoms with Gasteiger partial charge in [0.1, 0.15) is 0 Å². The molecule has 0 aliphatic carbocycles. The maximum Gasteiger partial charge on any atom is 0.0107 e. The van der Waals surface area contributed by atoms with Crippen LogP contribution >= 0.6 is 11.3 Å². The van der Waals surface area contributed by atoms with Gasteiger partial charge in [-0.2, -0.15) is 0 Å². The fourth-order valence-corrected chi connectivity index (χ4v) is 2.69. The van der Waals surface area contributed by atoms with Crippen LogP contribution in [-0.4, -0.2) is 0 Å². The second kappa shape index (κ2) is 3.69. The van der Waals surface area contributed by atoms with E-state index in [2.05, 4.69) is 59.1 Å². The minimum atomic E-state index is 0.259. The molecule has 0 radical (unpaired) electrons. The monoisotopic (exact) mass is 210 g/mol. The van der Waals surface area contributed by atoms with E-state index < -0.39 is 0 Å². The Balaban J connectivity index is 3.07. The molecule has 0 saturated carbocycles. The number of hydrogen-bond donors (Lipinski definition) is 0. The lowest BCUT2D eigenvalue weighted by Gasteiger charge is -2.44. The van der Waals surface area contributed by atoms with Crippen LogP contribution in [0, 0.1) is 11.3 Å². The highest BCUT2D eigenvalue weighted by Crippen LogP contribution is 2.47. The van der Waals surface area contributed by atoms with Gasteiger partial charge >= 0.3 is 0 Å². The molecule has 1 heterocycles. The molecule has 1 aromatic heterocycles. The fraction of sp³-hybridized carbons (Fsp3) is 0.692. The Hall–Kier alpha value is -0.300. The van der Waals surface area contributed by atoms with Gasteiger partial charge in [-0.15, -0.1) is 11.3 Å². The maximum absolute atomic E-state index is 2.37. The summed E-state index contributed by atoms with van der Waals surface area (Å²) in [5.41, 5.74) is 0.590. The third-order valence-electron chi connectivity index (χ3n) is 4.19. The summed E-state index contributed by atoms with van der Waals surface area (Å²) in [6.45, 7) is 14.1. The maximum atomic E-state index is 2.37. The zero-order chi connectivity index (χ0) is 11.0. The van der Waals surface area contributed by atoms with Gasteiger partial charge in [0.25, 0.3) is 0 Å². The lowest BCUT2D eigenvalue weighted by Crippen LogP contribution is -2.39. The van der Waals surface area contributed by atoms with Gasteiger partial charge in [0.15, 0.2) is 0 Å². The Labute approximate surface area is 92.4 Å². The van der Waals surface area contributed by atoms with E-state index in [1.807, 2.05) is 11.3 Å². The summed E-state index contributed by atoms with van der Waals surface area (Å²) in [7, 11) is 0. The first kappa shape index (κ1) is 11.8. The Kier molecular flexibility index (Phi) is 3.10. The standard InChI is InChI=1S/C13H22S/c1-10(2)12(3,4)13(5,6)11-8-7-9-14-11/h7-10H,1-6H3. The molecule has 1 aromatic rings. The summed E-state index contributed by atoms with van der Waals surface area (Å²) >= 11 is 1.87. The molecule has 14 heavy (non-hydrogen) atoms. The van der Waals surface area contributed by atoms with Crippen LogP contribution in [0.25, 0.3) is 0 Å². The normalized spacial score (nSPS) is 13.6. The number of rotatable bonds is 3. The van der Waals surface area contributed by atoms with Crippen LogP contribution in [0.2, 0.25) is 0 Å². The quantitative estimate of drug-likeness (QED) is 0.678. The molecule has 0 saturated heterocycles. The van der Waals surface area contributed by atoms with E-state index in [0.29, 0.717) is 11.3 Å². The van der Waals surface area contributed by atoms with Gasteiger partial charge in [0.2, 0.25) is 0 Å². The van der Waals surface area contributed by atoms with Crippen LogP contribution in [0.15, 0.2) is 17.5 Å². The second-order valence-electron chi connectivity index (χ2n) is 5.48. The van der Waals surface area contributed by atoms with Crippen molar-refractivity contribution < 1.29 is 0 Å². The first-order valence-electron chi connectivity index (χ1n) is 5.34. The van der Waals surface area contributed by atoms with Crippen LogP contribution in [0.1, 0.15) is 46.4 Å². The van der Waals surface area contributed by atoms with E-state index >= 15 is 0 Å². The molecule has 0 bridgehead atoms. The van der Waals surface area contributed by atoms with Crippen molar-refractivity contribution in [3.8, 4) is 0 Å². The first-order chi connectivity index (χ1) is 6.30. The zero-order valence-corrected chi connectivity index (χ0v) is 11.0. The van der Waals surface area contributed by atoms with Crippen LogP contribution in [0.4, 0.5) is 0 Å². The fourth-order valence-electron chi connectivity index (χ4n) is 1.67. The molecular formula is C13H22S. The molecule has 80 valence electrons. The van der Waals surface area contributed by atoms with Crippen molar-refractivity contribution >= 4 is 11.3 Å². The third-order valence-corrected chi connectivity index (χ3v) is 5.38. The van der Waals surface area contributed by atoms with Crippen LogP contribution in [0.5, 0.6) is 0 Å². The average Bonchev–Trinajstić information content (AvgIpc) is 2.55. The average molecular weight is 210 g/mol. The van der Waals surface area contributed by atoms with Crippen LogP contribution in [-0.2, 0) is 5.41 Å². The summed E-state index contributed by atoms with van der Waals surface area (Å²) in [6, 6.07) is 4.41. The van der Waals surface area contributed by atoms with E-state index in [1.165, 1.54) is 4.88 Å². The molecule has 0 fully saturated rings. The van der Waals surface area contributed by atoms with Crippen molar-refractivity contribution in [3.63, 3.8) is 0 Å². The van der Waals surface area contributed by atoms with Crippen LogP contribution in [0.3, 0.4) is 0 Å². The lowest BCUT2D eigenvalue weighted by molar-refractivity contribution is 0.128. The zero-order valence-electron chi connectivity index (χ0n) is 10.2. The molecule has 0 atom stereocenters. The Morgan fingerprint density at radius 1 is 1.14 bits per heavy atom. The van der Waals surface area contributed by atoms with Gasteiger partial charge in [0.05, 0.1) is 0 Å². The highest BCUT2D eigenvalue weighted by atomic mass is 32.1. The van der Waals surface area contributed by atoms with Gasteiger partial charge in [-0.25, -0.2) is 0 Å². The molecule has 0 N–H and O–H groups in total. The SMILES string of the molecule is CC(C)C(C)(C)C(C)(C)c1cccs1. The molecule has 1 heteroatoms. The molecule has 0 aliphatic heterocycles. The number of thiophene rings is 1. The van der Waals surface area contributed by atoms with Crippen LogP contribution < -0.4 is 0 Å². The highest BCUT2D eigenvalue weighted by molar-refractivity contribution is 7.10.